The van der Waals surface area contributed by atoms with Crippen molar-refractivity contribution in [2.75, 3.05) is 11.4 Å². The molecule has 0 radical (unpaired) electrons. The van der Waals surface area contributed by atoms with Crippen LogP contribution >= 0.6 is 0 Å². The fourth-order valence-corrected chi connectivity index (χ4v) is 4.61. The molecule has 8 nitrogen and oxygen atoms in total. The summed E-state index contributed by atoms with van der Waals surface area (Å²) in [5.41, 5.74) is 2.76. The molecule has 0 saturated heterocycles. The number of carbonyl (C=O) groups excluding carboxylic acids is 3. The van der Waals surface area contributed by atoms with Crippen LogP contribution in [-0.4, -0.2) is 39.9 Å². The van der Waals surface area contributed by atoms with Gasteiger partial charge in [0.15, 0.2) is 6.10 Å². The quantitative estimate of drug-likeness (QED) is 0.452. The van der Waals surface area contributed by atoms with Gasteiger partial charge in [-0.2, -0.15) is 0 Å². The van der Waals surface area contributed by atoms with Gasteiger partial charge in [0.25, 0.3) is 5.56 Å². The maximum Gasteiger partial charge on any atom is 0.338 e. The molecule has 1 atom stereocenters. The van der Waals surface area contributed by atoms with Gasteiger partial charge >= 0.3 is 5.97 Å². The van der Waals surface area contributed by atoms with E-state index in [9.17, 15) is 19.2 Å². The standard InChI is InChI=1S/C25H23N3O5/c1-14(23(30)17-6-8-21-16(12-17)9-11-27(21)15(2)29)33-25(32)18-5-7-19-20(13-18)26-22-4-3-10-28(22)24(19)31/h5-8,12-14H,3-4,9-11H2,1-2H3/t14-/m0/s1. The van der Waals surface area contributed by atoms with Crippen LogP contribution in [0.1, 0.15) is 52.4 Å². The Balaban J connectivity index is 1.34. The van der Waals surface area contributed by atoms with Gasteiger partial charge in [0.2, 0.25) is 11.7 Å². The Hall–Kier alpha value is -3.81. The lowest BCUT2D eigenvalue weighted by Crippen LogP contribution is -2.26. The van der Waals surface area contributed by atoms with E-state index >= 15 is 0 Å². The molecule has 8 heteroatoms. The van der Waals surface area contributed by atoms with E-state index in [4.69, 9.17) is 4.74 Å². The Morgan fingerprint density at radius 1 is 1.03 bits per heavy atom. The Bertz CT molecular complexity index is 1390. The third-order valence-corrected chi connectivity index (χ3v) is 6.34. The average Bonchev–Trinajstić information content (AvgIpc) is 3.44. The molecule has 2 aromatic carbocycles. The van der Waals surface area contributed by atoms with Crippen molar-refractivity contribution < 1.29 is 19.1 Å². The summed E-state index contributed by atoms with van der Waals surface area (Å²) >= 11 is 0. The molecule has 0 unspecified atom stereocenters. The van der Waals surface area contributed by atoms with E-state index in [1.54, 1.807) is 39.8 Å². The number of fused-ring (bicyclic) bond motifs is 3. The number of carbonyl (C=O) groups is 3. The highest BCUT2D eigenvalue weighted by Crippen LogP contribution is 2.29. The van der Waals surface area contributed by atoms with Gasteiger partial charge in [-0.15, -0.1) is 0 Å². The van der Waals surface area contributed by atoms with Crippen molar-refractivity contribution in [1.29, 1.82) is 0 Å². The summed E-state index contributed by atoms with van der Waals surface area (Å²) < 4.78 is 7.11. The lowest BCUT2D eigenvalue weighted by atomic mass is 10.0. The highest BCUT2D eigenvalue weighted by atomic mass is 16.5. The predicted molar refractivity (Wildman–Crippen MR) is 122 cm³/mol. The smallest absolute Gasteiger partial charge is 0.338 e. The van der Waals surface area contributed by atoms with Crippen LogP contribution < -0.4 is 10.5 Å². The van der Waals surface area contributed by atoms with Crippen molar-refractivity contribution in [2.45, 2.75) is 45.8 Å². The first-order valence-corrected chi connectivity index (χ1v) is 11.0. The number of Topliss-reactive ketones (excluding diaryl/α,β-unsaturated/α-hetero) is 1. The zero-order valence-electron chi connectivity index (χ0n) is 18.5. The second kappa shape index (κ2) is 7.95. The maximum atomic E-state index is 12.9. The molecule has 0 N–H and O–H groups in total. The van der Waals surface area contributed by atoms with Crippen LogP contribution in [0.2, 0.25) is 0 Å². The molecular weight excluding hydrogens is 422 g/mol. The summed E-state index contributed by atoms with van der Waals surface area (Å²) in [5, 5.41) is 0.457. The van der Waals surface area contributed by atoms with E-state index in [-0.39, 0.29) is 22.8 Å². The molecule has 0 aliphatic carbocycles. The van der Waals surface area contributed by atoms with Crippen LogP contribution in [0.4, 0.5) is 5.69 Å². The molecule has 2 aliphatic heterocycles. The van der Waals surface area contributed by atoms with E-state index in [0.29, 0.717) is 36.0 Å². The van der Waals surface area contributed by atoms with Crippen molar-refractivity contribution in [1.82, 2.24) is 9.55 Å². The van der Waals surface area contributed by atoms with Crippen LogP contribution in [0.25, 0.3) is 10.9 Å². The summed E-state index contributed by atoms with van der Waals surface area (Å²) in [7, 11) is 0. The predicted octanol–water partition coefficient (Wildman–Crippen LogP) is 2.68. The van der Waals surface area contributed by atoms with Gasteiger partial charge in [-0.3, -0.25) is 19.0 Å². The van der Waals surface area contributed by atoms with Crippen LogP contribution in [0, 0.1) is 0 Å². The van der Waals surface area contributed by atoms with Crippen LogP contribution in [0.15, 0.2) is 41.2 Å². The van der Waals surface area contributed by atoms with Crippen LogP contribution in [-0.2, 0) is 28.9 Å². The van der Waals surface area contributed by atoms with Gasteiger partial charge in [-0.1, -0.05) is 0 Å². The number of nitrogens with zero attached hydrogens (tertiary/aromatic N) is 3. The Kier molecular flexibility index (Phi) is 5.08. The fraction of sp³-hybridized carbons (Fsp3) is 0.320. The molecule has 0 spiro atoms. The largest absolute Gasteiger partial charge is 0.451 e. The number of amides is 1. The van der Waals surface area contributed by atoms with Crippen molar-refractivity contribution in [3.8, 4) is 0 Å². The first kappa shape index (κ1) is 21.1. The third kappa shape index (κ3) is 3.61. The Morgan fingerprint density at radius 2 is 1.82 bits per heavy atom. The first-order valence-electron chi connectivity index (χ1n) is 11.0. The number of hydrogen-bond acceptors (Lipinski definition) is 6. The molecule has 3 aromatic rings. The second-order valence-electron chi connectivity index (χ2n) is 8.50. The number of benzene rings is 2. The minimum atomic E-state index is -0.991. The van der Waals surface area contributed by atoms with E-state index in [1.165, 1.54) is 19.9 Å². The molecule has 0 fully saturated rings. The molecular formula is C25H23N3O5. The zero-order chi connectivity index (χ0) is 23.3. The minimum Gasteiger partial charge on any atom is -0.451 e. The minimum absolute atomic E-state index is 0.0346. The monoisotopic (exact) mass is 445 g/mol. The van der Waals surface area contributed by atoms with Crippen molar-refractivity contribution in [3.63, 3.8) is 0 Å². The topological polar surface area (TPSA) is 98.6 Å². The fourth-order valence-electron chi connectivity index (χ4n) is 4.61. The maximum absolute atomic E-state index is 12.9. The number of hydrogen-bond donors (Lipinski definition) is 0. The summed E-state index contributed by atoms with van der Waals surface area (Å²) in [6.45, 7) is 4.31. The lowest BCUT2D eigenvalue weighted by Gasteiger charge is -2.16. The Labute approximate surface area is 189 Å². The van der Waals surface area contributed by atoms with Gasteiger partial charge in [-0.25, -0.2) is 9.78 Å². The summed E-state index contributed by atoms with van der Waals surface area (Å²) in [6.07, 6.45) is 1.30. The third-order valence-electron chi connectivity index (χ3n) is 6.34. The molecule has 1 amide bonds. The summed E-state index contributed by atoms with van der Waals surface area (Å²) in [6, 6.07) is 9.83. The number of ether oxygens (including phenoxy) is 1. The molecule has 1 aromatic heterocycles. The van der Waals surface area contributed by atoms with Crippen LogP contribution in [0.5, 0.6) is 0 Å². The second-order valence-corrected chi connectivity index (χ2v) is 8.50. The summed E-state index contributed by atoms with van der Waals surface area (Å²) in [4.78, 5) is 56.2. The summed E-state index contributed by atoms with van der Waals surface area (Å²) in [5.74, 6) is -0.277. The Morgan fingerprint density at radius 3 is 2.61 bits per heavy atom. The number of anilines is 1. The van der Waals surface area contributed by atoms with E-state index in [2.05, 4.69) is 4.98 Å². The van der Waals surface area contributed by atoms with Crippen LogP contribution in [0.3, 0.4) is 0 Å². The number of esters is 1. The number of rotatable bonds is 4. The average molecular weight is 445 g/mol. The van der Waals surface area contributed by atoms with E-state index < -0.39 is 12.1 Å². The SMILES string of the molecule is CC(=O)N1CCc2cc(C(=O)[C@H](C)OC(=O)c3ccc4c(=O)n5c(nc4c3)CCC5)ccc21. The van der Waals surface area contributed by atoms with Crippen molar-refractivity contribution in [2.24, 2.45) is 0 Å². The van der Waals surface area contributed by atoms with Gasteiger partial charge < -0.3 is 9.64 Å². The first-order chi connectivity index (χ1) is 15.8. The molecule has 33 heavy (non-hydrogen) atoms. The van der Waals surface area contributed by atoms with Gasteiger partial charge in [0, 0.05) is 37.7 Å². The lowest BCUT2D eigenvalue weighted by molar-refractivity contribution is -0.116. The highest BCUT2D eigenvalue weighted by molar-refractivity contribution is 6.03. The molecule has 0 bridgehead atoms. The van der Waals surface area contributed by atoms with E-state index in [0.717, 1.165) is 29.9 Å². The van der Waals surface area contributed by atoms with Crippen molar-refractivity contribution >= 4 is 34.3 Å². The van der Waals surface area contributed by atoms with Gasteiger partial charge in [-0.05, 0) is 61.7 Å². The number of ketones is 1. The number of aryl methyl sites for hydroxylation is 1. The molecule has 168 valence electrons. The molecule has 2 aliphatic rings. The normalized spacial score (nSPS) is 15.3. The van der Waals surface area contributed by atoms with E-state index in [1.807, 2.05) is 0 Å². The van der Waals surface area contributed by atoms with Crippen molar-refractivity contribution in [3.05, 3.63) is 69.3 Å². The number of aromatic nitrogens is 2. The zero-order valence-corrected chi connectivity index (χ0v) is 18.5. The van der Waals surface area contributed by atoms with Gasteiger partial charge in [0.05, 0.1) is 16.5 Å². The molecule has 0 saturated carbocycles. The molecule has 3 heterocycles. The molecule has 5 rings (SSSR count). The highest BCUT2D eigenvalue weighted by Gasteiger charge is 2.26. The van der Waals surface area contributed by atoms with Gasteiger partial charge in [0.1, 0.15) is 5.82 Å².